The molecule has 0 unspecified atom stereocenters. The third-order valence-corrected chi connectivity index (χ3v) is 3.41. The van der Waals surface area contributed by atoms with Crippen molar-refractivity contribution in [3.8, 4) is 0 Å². The summed E-state index contributed by atoms with van der Waals surface area (Å²) in [6.07, 6.45) is 3.08. The summed E-state index contributed by atoms with van der Waals surface area (Å²) in [4.78, 5) is 22.6. The lowest BCUT2D eigenvalue weighted by atomic mass is 10.3. The number of ether oxygens (including phenoxy) is 1. The van der Waals surface area contributed by atoms with Gasteiger partial charge in [-0.1, -0.05) is 0 Å². The predicted octanol–water partition coefficient (Wildman–Crippen LogP) is 1.14. The Labute approximate surface area is 128 Å². The fraction of sp³-hybridized carbons (Fsp3) is 0.400. The molecule has 0 atom stereocenters. The first-order valence-corrected chi connectivity index (χ1v) is 7.20. The number of aryl methyl sites for hydroxylation is 1. The number of furan rings is 1. The topological polar surface area (TPSA) is 80.5 Å². The van der Waals surface area contributed by atoms with Gasteiger partial charge in [-0.25, -0.2) is 9.97 Å². The normalized spacial score (nSPS) is 14.9. The van der Waals surface area contributed by atoms with Gasteiger partial charge in [0.2, 0.25) is 5.95 Å². The van der Waals surface area contributed by atoms with Crippen molar-refractivity contribution in [2.75, 3.05) is 31.2 Å². The number of hydrogen-bond donors (Lipinski definition) is 1. The van der Waals surface area contributed by atoms with Gasteiger partial charge in [-0.15, -0.1) is 0 Å². The van der Waals surface area contributed by atoms with Crippen LogP contribution in [-0.2, 0) is 11.3 Å². The molecular weight excluding hydrogens is 284 g/mol. The molecule has 2 aromatic rings. The zero-order valence-corrected chi connectivity index (χ0v) is 12.4. The summed E-state index contributed by atoms with van der Waals surface area (Å²) in [6.45, 7) is 5.09. The van der Waals surface area contributed by atoms with Crippen LogP contribution in [0.4, 0.5) is 5.95 Å². The molecule has 1 aliphatic rings. The van der Waals surface area contributed by atoms with Crippen LogP contribution in [0.1, 0.15) is 21.9 Å². The van der Waals surface area contributed by atoms with Crippen molar-refractivity contribution in [2.24, 2.45) is 0 Å². The number of morpholine rings is 1. The molecule has 2 aromatic heterocycles. The average molecular weight is 302 g/mol. The monoisotopic (exact) mass is 302 g/mol. The Bertz CT molecular complexity index is 632. The van der Waals surface area contributed by atoms with Crippen molar-refractivity contribution in [2.45, 2.75) is 13.5 Å². The fourth-order valence-electron chi connectivity index (χ4n) is 2.21. The van der Waals surface area contributed by atoms with Crippen LogP contribution in [-0.4, -0.2) is 42.2 Å². The summed E-state index contributed by atoms with van der Waals surface area (Å²) in [5.41, 5.74) is 0.431. The van der Waals surface area contributed by atoms with Crippen LogP contribution in [0.2, 0.25) is 0 Å². The highest BCUT2D eigenvalue weighted by Gasteiger charge is 2.14. The number of nitrogens with one attached hydrogen (secondary N) is 1. The third-order valence-electron chi connectivity index (χ3n) is 3.41. The number of hydrogen-bond acceptors (Lipinski definition) is 6. The second-order valence-electron chi connectivity index (χ2n) is 5.07. The van der Waals surface area contributed by atoms with Crippen molar-refractivity contribution >= 4 is 11.9 Å². The first-order valence-electron chi connectivity index (χ1n) is 7.20. The van der Waals surface area contributed by atoms with Crippen molar-refractivity contribution in [1.82, 2.24) is 15.3 Å². The summed E-state index contributed by atoms with van der Waals surface area (Å²) in [5.74, 6) is 1.95. The first-order chi connectivity index (χ1) is 10.7. The minimum atomic E-state index is -0.220. The molecule has 1 aliphatic heterocycles. The van der Waals surface area contributed by atoms with Crippen molar-refractivity contribution < 1.29 is 13.9 Å². The molecule has 1 amide bonds. The fourth-order valence-corrected chi connectivity index (χ4v) is 2.21. The summed E-state index contributed by atoms with van der Waals surface area (Å²) in [5, 5.41) is 2.78. The van der Waals surface area contributed by atoms with E-state index in [1.54, 1.807) is 12.4 Å². The second kappa shape index (κ2) is 6.57. The van der Waals surface area contributed by atoms with Gasteiger partial charge in [0.05, 0.1) is 25.3 Å². The Morgan fingerprint density at radius 1 is 1.27 bits per heavy atom. The molecule has 3 heterocycles. The molecule has 1 saturated heterocycles. The number of carbonyl (C=O) groups is 1. The van der Waals surface area contributed by atoms with E-state index in [9.17, 15) is 4.79 Å². The van der Waals surface area contributed by atoms with E-state index in [0.717, 1.165) is 24.6 Å². The van der Waals surface area contributed by atoms with E-state index in [4.69, 9.17) is 9.15 Å². The van der Waals surface area contributed by atoms with Crippen LogP contribution in [0.5, 0.6) is 0 Å². The van der Waals surface area contributed by atoms with Gasteiger partial charge in [0.1, 0.15) is 11.5 Å². The van der Waals surface area contributed by atoms with Gasteiger partial charge >= 0.3 is 0 Å². The van der Waals surface area contributed by atoms with Crippen molar-refractivity contribution in [3.63, 3.8) is 0 Å². The molecule has 1 N–H and O–H groups in total. The Kier molecular flexibility index (Phi) is 4.34. The summed E-state index contributed by atoms with van der Waals surface area (Å²) < 4.78 is 10.7. The highest BCUT2D eigenvalue weighted by Crippen LogP contribution is 2.10. The predicted molar refractivity (Wildman–Crippen MR) is 79.7 cm³/mol. The zero-order chi connectivity index (χ0) is 15.4. The van der Waals surface area contributed by atoms with Crippen LogP contribution >= 0.6 is 0 Å². The minimum absolute atomic E-state index is 0.220. The molecule has 0 aliphatic carbocycles. The Balaban J connectivity index is 1.58. The molecule has 0 saturated carbocycles. The molecule has 0 spiro atoms. The maximum Gasteiger partial charge on any atom is 0.254 e. The minimum Gasteiger partial charge on any atom is -0.465 e. The maximum absolute atomic E-state index is 12.0. The van der Waals surface area contributed by atoms with Crippen molar-refractivity contribution in [3.05, 3.63) is 41.6 Å². The molecule has 0 bridgehead atoms. The zero-order valence-electron chi connectivity index (χ0n) is 12.4. The van der Waals surface area contributed by atoms with Gasteiger partial charge in [-0.3, -0.25) is 4.79 Å². The van der Waals surface area contributed by atoms with E-state index in [1.165, 1.54) is 0 Å². The third kappa shape index (κ3) is 3.43. The molecule has 7 nitrogen and oxygen atoms in total. The van der Waals surface area contributed by atoms with Gasteiger partial charge in [-0.05, 0) is 19.1 Å². The Morgan fingerprint density at radius 2 is 2.00 bits per heavy atom. The smallest absolute Gasteiger partial charge is 0.254 e. The standard InChI is InChI=1S/C15H18N4O3/c1-11-2-3-13(22-11)10-16-14(20)12-8-17-15(18-9-12)19-4-6-21-7-5-19/h2-3,8-9H,4-7,10H2,1H3,(H,16,20). The highest BCUT2D eigenvalue weighted by molar-refractivity contribution is 5.93. The number of rotatable bonds is 4. The van der Waals surface area contributed by atoms with E-state index in [1.807, 2.05) is 24.0 Å². The lowest BCUT2D eigenvalue weighted by Crippen LogP contribution is -2.37. The molecule has 0 aromatic carbocycles. The van der Waals surface area contributed by atoms with Crippen LogP contribution in [0.15, 0.2) is 28.9 Å². The number of anilines is 1. The molecule has 0 radical (unpaired) electrons. The molecular formula is C15H18N4O3. The van der Waals surface area contributed by atoms with Gasteiger partial charge in [0.25, 0.3) is 5.91 Å². The highest BCUT2D eigenvalue weighted by atomic mass is 16.5. The van der Waals surface area contributed by atoms with E-state index < -0.39 is 0 Å². The maximum atomic E-state index is 12.0. The second-order valence-corrected chi connectivity index (χ2v) is 5.07. The molecule has 7 heteroatoms. The van der Waals surface area contributed by atoms with Crippen LogP contribution in [0, 0.1) is 6.92 Å². The number of carbonyl (C=O) groups excluding carboxylic acids is 1. The van der Waals surface area contributed by atoms with E-state index in [0.29, 0.717) is 31.3 Å². The quantitative estimate of drug-likeness (QED) is 0.912. The van der Waals surface area contributed by atoms with Gasteiger partial charge in [0, 0.05) is 25.5 Å². The number of aromatic nitrogens is 2. The summed E-state index contributed by atoms with van der Waals surface area (Å²) in [6, 6.07) is 3.70. The number of amides is 1. The molecule has 22 heavy (non-hydrogen) atoms. The summed E-state index contributed by atoms with van der Waals surface area (Å²) >= 11 is 0. The lowest BCUT2D eigenvalue weighted by molar-refractivity contribution is 0.0947. The Hall–Kier alpha value is -2.41. The molecule has 116 valence electrons. The molecule has 1 fully saturated rings. The summed E-state index contributed by atoms with van der Waals surface area (Å²) in [7, 11) is 0. The van der Waals surface area contributed by atoms with E-state index in [2.05, 4.69) is 15.3 Å². The van der Waals surface area contributed by atoms with Gasteiger partial charge < -0.3 is 19.4 Å². The largest absolute Gasteiger partial charge is 0.465 e. The van der Waals surface area contributed by atoms with Gasteiger partial charge in [0.15, 0.2) is 0 Å². The SMILES string of the molecule is Cc1ccc(CNC(=O)c2cnc(N3CCOCC3)nc2)o1. The number of nitrogens with zero attached hydrogens (tertiary/aromatic N) is 3. The first kappa shape index (κ1) is 14.5. The lowest BCUT2D eigenvalue weighted by Gasteiger charge is -2.26. The van der Waals surface area contributed by atoms with Crippen LogP contribution < -0.4 is 10.2 Å². The van der Waals surface area contributed by atoms with Gasteiger partial charge in [-0.2, -0.15) is 0 Å². The van der Waals surface area contributed by atoms with E-state index >= 15 is 0 Å². The molecule has 3 rings (SSSR count). The van der Waals surface area contributed by atoms with Crippen LogP contribution in [0.25, 0.3) is 0 Å². The average Bonchev–Trinajstić information content (AvgIpc) is 2.99. The Morgan fingerprint density at radius 3 is 2.64 bits per heavy atom. The van der Waals surface area contributed by atoms with E-state index in [-0.39, 0.29) is 5.91 Å². The van der Waals surface area contributed by atoms with Crippen LogP contribution in [0.3, 0.4) is 0 Å². The van der Waals surface area contributed by atoms with Crippen molar-refractivity contribution in [1.29, 1.82) is 0 Å².